The normalized spacial score (nSPS) is 14.6. The van der Waals surface area contributed by atoms with E-state index in [9.17, 15) is 4.79 Å². The maximum absolute atomic E-state index is 12.6. The Morgan fingerprint density at radius 1 is 1.15 bits per heavy atom. The molecule has 0 bridgehead atoms. The molecule has 3 rings (SSSR count). The molecule has 1 aromatic heterocycles. The number of pyridine rings is 1. The standard InChI is InChI=1S/C16H19NO3/c1-9(2)15-10(3)17-12-8-14-13(7-11(12)16(15)18)19-5-4-6-20-14/h7-9H,4-6H2,1-3H3,(H,17,18). The molecule has 0 aliphatic carbocycles. The Balaban J connectivity index is 2.30. The van der Waals surface area contributed by atoms with E-state index in [0.717, 1.165) is 23.2 Å². The SMILES string of the molecule is Cc1[nH]c2cc3c(cc2c(=O)c1C(C)C)OCCCO3. The molecule has 0 saturated heterocycles. The minimum Gasteiger partial charge on any atom is -0.490 e. The van der Waals surface area contributed by atoms with Crippen LogP contribution in [0.3, 0.4) is 0 Å². The number of rotatable bonds is 1. The lowest BCUT2D eigenvalue weighted by atomic mass is 9.99. The molecule has 0 unspecified atom stereocenters. The Bertz CT molecular complexity index is 716. The second kappa shape index (κ2) is 4.85. The largest absolute Gasteiger partial charge is 0.490 e. The number of ether oxygens (including phenoxy) is 2. The van der Waals surface area contributed by atoms with Crippen molar-refractivity contribution < 1.29 is 9.47 Å². The maximum atomic E-state index is 12.6. The van der Waals surface area contributed by atoms with Gasteiger partial charge in [0.15, 0.2) is 16.9 Å². The molecule has 0 spiro atoms. The van der Waals surface area contributed by atoms with Crippen molar-refractivity contribution in [2.45, 2.75) is 33.1 Å². The fraction of sp³-hybridized carbons (Fsp3) is 0.438. The summed E-state index contributed by atoms with van der Waals surface area (Å²) in [6.45, 7) is 7.28. The van der Waals surface area contributed by atoms with Crippen LogP contribution in [0.25, 0.3) is 10.9 Å². The van der Waals surface area contributed by atoms with Gasteiger partial charge in [-0.05, 0) is 18.9 Å². The molecule has 1 N–H and O–H groups in total. The molecule has 1 aliphatic heterocycles. The number of aryl methyl sites for hydroxylation is 1. The number of fused-ring (bicyclic) bond motifs is 2. The summed E-state index contributed by atoms with van der Waals surface area (Å²) in [5, 5.41) is 0.670. The zero-order chi connectivity index (χ0) is 14.3. The molecule has 0 amide bonds. The Kier molecular flexibility index (Phi) is 3.16. The summed E-state index contributed by atoms with van der Waals surface area (Å²) in [5.74, 6) is 1.57. The number of aromatic amines is 1. The smallest absolute Gasteiger partial charge is 0.193 e. The van der Waals surface area contributed by atoms with Crippen LogP contribution in [0.1, 0.15) is 37.4 Å². The van der Waals surface area contributed by atoms with E-state index in [1.54, 1.807) is 6.07 Å². The van der Waals surface area contributed by atoms with Gasteiger partial charge in [0.25, 0.3) is 0 Å². The van der Waals surface area contributed by atoms with Crippen LogP contribution in [0.4, 0.5) is 0 Å². The highest BCUT2D eigenvalue weighted by Gasteiger charge is 2.17. The van der Waals surface area contributed by atoms with E-state index in [1.165, 1.54) is 0 Å². The zero-order valence-corrected chi connectivity index (χ0v) is 12.1. The molecule has 0 radical (unpaired) electrons. The molecule has 2 aromatic rings. The average molecular weight is 273 g/mol. The van der Waals surface area contributed by atoms with E-state index >= 15 is 0 Å². The first kappa shape index (κ1) is 13.0. The van der Waals surface area contributed by atoms with Crippen LogP contribution >= 0.6 is 0 Å². The summed E-state index contributed by atoms with van der Waals surface area (Å²) >= 11 is 0. The van der Waals surface area contributed by atoms with Gasteiger partial charge in [0.1, 0.15) is 0 Å². The van der Waals surface area contributed by atoms with Gasteiger partial charge in [-0.15, -0.1) is 0 Å². The Labute approximate surface area is 117 Å². The van der Waals surface area contributed by atoms with Crippen molar-refractivity contribution >= 4 is 10.9 Å². The second-order valence-electron chi connectivity index (χ2n) is 5.54. The fourth-order valence-corrected chi connectivity index (χ4v) is 2.78. The van der Waals surface area contributed by atoms with Crippen LogP contribution in [0.2, 0.25) is 0 Å². The Morgan fingerprint density at radius 2 is 1.80 bits per heavy atom. The topological polar surface area (TPSA) is 51.3 Å². The first-order valence-corrected chi connectivity index (χ1v) is 7.04. The molecule has 2 heterocycles. The van der Waals surface area contributed by atoms with E-state index in [0.29, 0.717) is 30.1 Å². The van der Waals surface area contributed by atoms with E-state index in [1.807, 2.05) is 26.8 Å². The van der Waals surface area contributed by atoms with Gasteiger partial charge < -0.3 is 14.5 Å². The van der Waals surface area contributed by atoms with Gasteiger partial charge in [0.2, 0.25) is 0 Å². The molecule has 4 nitrogen and oxygen atoms in total. The highest BCUT2D eigenvalue weighted by Crippen LogP contribution is 2.33. The second-order valence-corrected chi connectivity index (χ2v) is 5.54. The van der Waals surface area contributed by atoms with Crippen molar-refractivity contribution in [2.24, 2.45) is 0 Å². The van der Waals surface area contributed by atoms with Gasteiger partial charge in [-0.25, -0.2) is 0 Å². The third kappa shape index (κ3) is 2.05. The van der Waals surface area contributed by atoms with Crippen LogP contribution in [0, 0.1) is 6.92 Å². The minimum atomic E-state index is 0.0851. The maximum Gasteiger partial charge on any atom is 0.193 e. The molecule has 0 fully saturated rings. The third-order valence-corrected chi connectivity index (χ3v) is 3.68. The van der Waals surface area contributed by atoms with E-state index < -0.39 is 0 Å². The lowest BCUT2D eigenvalue weighted by Gasteiger charge is -2.13. The highest BCUT2D eigenvalue weighted by atomic mass is 16.5. The summed E-state index contributed by atoms with van der Waals surface area (Å²) in [6.07, 6.45) is 0.856. The van der Waals surface area contributed by atoms with Gasteiger partial charge >= 0.3 is 0 Å². The van der Waals surface area contributed by atoms with Crippen molar-refractivity contribution in [1.82, 2.24) is 4.98 Å². The molecule has 0 saturated carbocycles. The molecule has 0 atom stereocenters. The summed E-state index contributed by atoms with van der Waals surface area (Å²) < 4.78 is 11.3. The highest BCUT2D eigenvalue weighted by molar-refractivity contribution is 5.83. The quantitative estimate of drug-likeness (QED) is 0.868. The van der Waals surface area contributed by atoms with E-state index in [2.05, 4.69) is 4.98 Å². The molecule has 1 aliphatic rings. The summed E-state index contributed by atoms with van der Waals surface area (Å²) in [7, 11) is 0. The number of H-pyrrole nitrogens is 1. The average Bonchev–Trinajstić information content (AvgIpc) is 2.61. The van der Waals surface area contributed by atoms with Crippen LogP contribution in [0.15, 0.2) is 16.9 Å². The van der Waals surface area contributed by atoms with Crippen molar-refractivity contribution in [3.8, 4) is 11.5 Å². The molecular formula is C16H19NO3. The Morgan fingerprint density at radius 3 is 2.45 bits per heavy atom. The predicted molar refractivity (Wildman–Crippen MR) is 79.0 cm³/mol. The molecular weight excluding hydrogens is 254 g/mol. The summed E-state index contributed by atoms with van der Waals surface area (Å²) in [4.78, 5) is 16.0. The van der Waals surface area contributed by atoms with Crippen molar-refractivity contribution in [3.05, 3.63) is 33.6 Å². The van der Waals surface area contributed by atoms with E-state index in [4.69, 9.17) is 9.47 Å². The van der Waals surface area contributed by atoms with Crippen molar-refractivity contribution in [3.63, 3.8) is 0 Å². The number of hydrogen-bond donors (Lipinski definition) is 1. The molecule has 20 heavy (non-hydrogen) atoms. The summed E-state index contributed by atoms with van der Waals surface area (Å²) in [5.41, 5.74) is 2.65. The van der Waals surface area contributed by atoms with Crippen LogP contribution < -0.4 is 14.9 Å². The zero-order valence-electron chi connectivity index (χ0n) is 12.1. The number of benzene rings is 1. The van der Waals surface area contributed by atoms with Gasteiger partial charge in [-0.3, -0.25) is 4.79 Å². The third-order valence-electron chi connectivity index (χ3n) is 3.68. The van der Waals surface area contributed by atoms with Crippen molar-refractivity contribution in [1.29, 1.82) is 0 Å². The Hall–Kier alpha value is -1.97. The molecule has 4 heteroatoms. The van der Waals surface area contributed by atoms with Crippen LogP contribution in [-0.2, 0) is 0 Å². The minimum absolute atomic E-state index is 0.0851. The molecule has 1 aromatic carbocycles. The number of hydrogen-bond acceptors (Lipinski definition) is 3. The molecule has 106 valence electrons. The lowest BCUT2D eigenvalue weighted by Crippen LogP contribution is -2.14. The van der Waals surface area contributed by atoms with Gasteiger partial charge in [0, 0.05) is 29.1 Å². The first-order valence-electron chi connectivity index (χ1n) is 7.04. The fourth-order valence-electron chi connectivity index (χ4n) is 2.78. The van der Waals surface area contributed by atoms with Crippen LogP contribution in [-0.4, -0.2) is 18.2 Å². The lowest BCUT2D eigenvalue weighted by molar-refractivity contribution is 0.297. The van der Waals surface area contributed by atoms with Crippen LogP contribution in [0.5, 0.6) is 11.5 Å². The van der Waals surface area contributed by atoms with Gasteiger partial charge in [0.05, 0.1) is 18.7 Å². The van der Waals surface area contributed by atoms with E-state index in [-0.39, 0.29) is 11.3 Å². The first-order chi connectivity index (χ1) is 9.58. The summed E-state index contributed by atoms with van der Waals surface area (Å²) in [6, 6.07) is 3.68. The number of nitrogens with one attached hydrogen (secondary N) is 1. The van der Waals surface area contributed by atoms with Gasteiger partial charge in [-0.1, -0.05) is 13.8 Å². The number of aromatic nitrogens is 1. The monoisotopic (exact) mass is 273 g/mol. The van der Waals surface area contributed by atoms with Gasteiger partial charge in [-0.2, -0.15) is 0 Å². The predicted octanol–water partition coefficient (Wildman–Crippen LogP) is 3.12. The van der Waals surface area contributed by atoms with Crippen molar-refractivity contribution in [2.75, 3.05) is 13.2 Å².